The molecule has 2 N–H and O–H groups in total. The molecule has 2 atom stereocenters. The summed E-state index contributed by atoms with van der Waals surface area (Å²) in [4.78, 5) is 17.5. The monoisotopic (exact) mass is 359 g/mol. The molecule has 0 bridgehead atoms. The van der Waals surface area contributed by atoms with Gasteiger partial charge in [0.1, 0.15) is 0 Å². The van der Waals surface area contributed by atoms with Crippen LogP contribution in [0.3, 0.4) is 0 Å². The van der Waals surface area contributed by atoms with Crippen molar-refractivity contribution >= 4 is 33.2 Å². The van der Waals surface area contributed by atoms with E-state index in [4.69, 9.17) is 5.73 Å². The SMILES string of the molecule is CC(N)C(c1cc(Br)cs1)N(C)CC(=O)N1CCCC1. The normalized spacial score (nSPS) is 18.6. The zero-order valence-electron chi connectivity index (χ0n) is 12.0. The highest BCUT2D eigenvalue weighted by Crippen LogP contribution is 2.30. The Hall–Kier alpha value is -0.430. The molecular weight excluding hydrogens is 338 g/mol. The summed E-state index contributed by atoms with van der Waals surface area (Å²) < 4.78 is 1.07. The molecule has 1 aromatic heterocycles. The van der Waals surface area contributed by atoms with Gasteiger partial charge in [-0.05, 0) is 48.8 Å². The predicted molar refractivity (Wildman–Crippen MR) is 86.9 cm³/mol. The van der Waals surface area contributed by atoms with Crippen molar-refractivity contribution in [2.45, 2.75) is 31.8 Å². The van der Waals surface area contributed by atoms with Crippen molar-refractivity contribution in [3.05, 3.63) is 20.8 Å². The van der Waals surface area contributed by atoms with Crippen LogP contribution in [0.4, 0.5) is 0 Å². The maximum Gasteiger partial charge on any atom is 0.236 e. The Morgan fingerprint density at radius 2 is 2.20 bits per heavy atom. The molecular formula is C14H22BrN3OS. The van der Waals surface area contributed by atoms with E-state index in [1.54, 1.807) is 11.3 Å². The van der Waals surface area contributed by atoms with Crippen LogP contribution in [0.15, 0.2) is 15.9 Å². The van der Waals surface area contributed by atoms with Crippen molar-refractivity contribution in [1.82, 2.24) is 9.80 Å². The smallest absolute Gasteiger partial charge is 0.236 e. The Kier molecular flexibility index (Phi) is 5.60. The molecule has 6 heteroatoms. The van der Waals surface area contributed by atoms with Gasteiger partial charge in [-0.25, -0.2) is 0 Å². The second kappa shape index (κ2) is 7.02. The van der Waals surface area contributed by atoms with Gasteiger partial charge in [0.05, 0.1) is 12.6 Å². The van der Waals surface area contributed by atoms with Gasteiger partial charge in [0.15, 0.2) is 0 Å². The zero-order valence-corrected chi connectivity index (χ0v) is 14.4. The van der Waals surface area contributed by atoms with Crippen molar-refractivity contribution < 1.29 is 4.79 Å². The third-order valence-corrected chi connectivity index (χ3v) is 5.46. The number of amides is 1. The molecule has 112 valence electrons. The number of likely N-dealkylation sites (N-methyl/N-ethyl adjacent to an activating group) is 1. The average molecular weight is 360 g/mol. The lowest BCUT2D eigenvalue weighted by Gasteiger charge is -2.31. The fourth-order valence-corrected chi connectivity index (χ4v) is 4.46. The van der Waals surface area contributed by atoms with Crippen LogP contribution in [-0.4, -0.2) is 48.4 Å². The van der Waals surface area contributed by atoms with Gasteiger partial charge in [0, 0.05) is 33.9 Å². The summed E-state index contributed by atoms with van der Waals surface area (Å²) in [5, 5.41) is 2.06. The summed E-state index contributed by atoms with van der Waals surface area (Å²) >= 11 is 5.16. The molecule has 1 aliphatic heterocycles. The van der Waals surface area contributed by atoms with Crippen molar-refractivity contribution in [3.63, 3.8) is 0 Å². The van der Waals surface area contributed by atoms with Crippen LogP contribution in [0.2, 0.25) is 0 Å². The van der Waals surface area contributed by atoms with E-state index in [0.29, 0.717) is 6.54 Å². The van der Waals surface area contributed by atoms with Crippen LogP contribution in [0.25, 0.3) is 0 Å². The van der Waals surface area contributed by atoms with E-state index < -0.39 is 0 Å². The standard InChI is InChI=1S/C14H22BrN3OS/c1-10(16)14(12-7-11(15)9-20-12)17(2)8-13(19)18-5-3-4-6-18/h7,9-10,14H,3-6,8,16H2,1-2H3. The molecule has 0 aliphatic carbocycles. The number of likely N-dealkylation sites (tertiary alicyclic amines) is 1. The molecule has 1 saturated heterocycles. The van der Waals surface area contributed by atoms with Gasteiger partial charge in [-0.3, -0.25) is 9.69 Å². The van der Waals surface area contributed by atoms with Crippen LogP contribution in [0, 0.1) is 0 Å². The Morgan fingerprint density at radius 1 is 1.55 bits per heavy atom. The Morgan fingerprint density at radius 3 is 2.70 bits per heavy atom. The van der Waals surface area contributed by atoms with E-state index in [9.17, 15) is 4.79 Å². The first-order valence-corrected chi connectivity index (χ1v) is 8.64. The second-order valence-electron chi connectivity index (χ2n) is 5.47. The number of rotatable bonds is 5. The van der Waals surface area contributed by atoms with Crippen LogP contribution in [0.5, 0.6) is 0 Å². The Labute approximate surface area is 133 Å². The molecule has 2 heterocycles. The predicted octanol–water partition coefficient (Wildman–Crippen LogP) is 2.45. The molecule has 1 aliphatic rings. The minimum atomic E-state index is -0.0167. The number of carbonyl (C=O) groups excluding carboxylic acids is 1. The fourth-order valence-electron chi connectivity index (χ4n) is 2.74. The largest absolute Gasteiger partial charge is 0.342 e. The summed E-state index contributed by atoms with van der Waals surface area (Å²) in [7, 11) is 1.98. The second-order valence-corrected chi connectivity index (χ2v) is 7.33. The number of nitrogens with two attached hydrogens (primary N) is 1. The number of hydrogen-bond acceptors (Lipinski definition) is 4. The van der Waals surface area contributed by atoms with Crippen LogP contribution < -0.4 is 5.73 Å². The molecule has 0 radical (unpaired) electrons. The molecule has 20 heavy (non-hydrogen) atoms. The lowest BCUT2D eigenvalue weighted by Crippen LogP contribution is -2.43. The molecule has 2 rings (SSSR count). The number of thiophene rings is 1. The van der Waals surface area contributed by atoms with Gasteiger partial charge >= 0.3 is 0 Å². The molecule has 0 aromatic carbocycles. The van der Waals surface area contributed by atoms with Gasteiger partial charge in [-0.2, -0.15) is 0 Å². The first-order valence-electron chi connectivity index (χ1n) is 6.96. The molecule has 2 unspecified atom stereocenters. The summed E-state index contributed by atoms with van der Waals surface area (Å²) in [6.45, 7) is 4.23. The van der Waals surface area contributed by atoms with E-state index in [1.165, 1.54) is 4.88 Å². The van der Waals surface area contributed by atoms with Crippen LogP contribution in [0.1, 0.15) is 30.7 Å². The molecule has 0 saturated carbocycles. The molecule has 1 fully saturated rings. The fraction of sp³-hybridized carbons (Fsp3) is 0.643. The topological polar surface area (TPSA) is 49.6 Å². The summed E-state index contributed by atoms with van der Waals surface area (Å²) in [6.07, 6.45) is 2.26. The minimum absolute atomic E-state index is 0.0167. The quantitative estimate of drug-likeness (QED) is 0.878. The van der Waals surface area contributed by atoms with E-state index in [1.807, 2.05) is 18.9 Å². The number of hydrogen-bond donors (Lipinski definition) is 1. The number of halogens is 1. The van der Waals surface area contributed by atoms with E-state index in [2.05, 4.69) is 32.3 Å². The Bertz CT molecular complexity index is 457. The number of nitrogens with zero attached hydrogens (tertiary/aromatic N) is 2. The Balaban J connectivity index is 2.03. The number of carbonyl (C=O) groups is 1. The molecule has 1 aromatic rings. The summed E-state index contributed by atoms with van der Waals surface area (Å²) in [5.74, 6) is 0.214. The highest BCUT2D eigenvalue weighted by Gasteiger charge is 2.26. The van der Waals surface area contributed by atoms with Gasteiger partial charge in [-0.1, -0.05) is 0 Å². The molecule has 0 spiro atoms. The van der Waals surface area contributed by atoms with E-state index in [0.717, 1.165) is 30.4 Å². The van der Waals surface area contributed by atoms with E-state index in [-0.39, 0.29) is 18.0 Å². The van der Waals surface area contributed by atoms with Gasteiger partial charge in [-0.15, -0.1) is 11.3 Å². The van der Waals surface area contributed by atoms with Gasteiger partial charge < -0.3 is 10.6 Å². The van der Waals surface area contributed by atoms with Crippen molar-refractivity contribution in [1.29, 1.82) is 0 Å². The van der Waals surface area contributed by atoms with Crippen LogP contribution in [-0.2, 0) is 4.79 Å². The maximum absolute atomic E-state index is 12.3. The zero-order chi connectivity index (χ0) is 14.7. The molecule has 1 amide bonds. The third kappa shape index (κ3) is 3.81. The molecule has 4 nitrogen and oxygen atoms in total. The van der Waals surface area contributed by atoms with Crippen LogP contribution >= 0.6 is 27.3 Å². The maximum atomic E-state index is 12.3. The third-order valence-electron chi connectivity index (χ3n) is 3.70. The first-order chi connectivity index (χ1) is 9.49. The average Bonchev–Trinajstić information content (AvgIpc) is 3.00. The van der Waals surface area contributed by atoms with Gasteiger partial charge in [0.25, 0.3) is 0 Å². The summed E-state index contributed by atoms with van der Waals surface area (Å²) in [5.41, 5.74) is 6.13. The van der Waals surface area contributed by atoms with Crippen molar-refractivity contribution in [3.8, 4) is 0 Å². The van der Waals surface area contributed by atoms with Gasteiger partial charge in [0.2, 0.25) is 5.91 Å². The van der Waals surface area contributed by atoms with Crippen molar-refractivity contribution in [2.24, 2.45) is 5.73 Å². The summed E-state index contributed by atoms with van der Waals surface area (Å²) in [6, 6.07) is 2.16. The van der Waals surface area contributed by atoms with Crippen molar-refractivity contribution in [2.75, 3.05) is 26.7 Å². The first kappa shape index (κ1) is 15.9. The lowest BCUT2D eigenvalue weighted by molar-refractivity contribution is -0.131. The van der Waals surface area contributed by atoms with E-state index >= 15 is 0 Å². The lowest BCUT2D eigenvalue weighted by atomic mass is 10.1. The minimum Gasteiger partial charge on any atom is -0.342 e. The highest BCUT2D eigenvalue weighted by molar-refractivity contribution is 9.10. The highest BCUT2D eigenvalue weighted by atomic mass is 79.9.